The van der Waals surface area contributed by atoms with Gasteiger partial charge in [-0.2, -0.15) is 0 Å². The van der Waals surface area contributed by atoms with E-state index in [0.717, 1.165) is 44.8 Å². The fraction of sp³-hybridized carbons (Fsp3) is 0.241. The van der Waals surface area contributed by atoms with E-state index in [0.29, 0.717) is 36.2 Å². The summed E-state index contributed by atoms with van der Waals surface area (Å²) in [6, 6.07) is 13.4. The van der Waals surface area contributed by atoms with E-state index in [2.05, 4.69) is 44.3 Å². The monoisotopic (exact) mass is 469 g/mol. The van der Waals surface area contributed by atoms with E-state index in [9.17, 15) is 5.11 Å². The van der Waals surface area contributed by atoms with Crippen LogP contribution in [0.4, 0.5) is 5.69 Å². The molecule has 0 aliphatic carbocycles. The van der Waals surface area contributed by atoms with E-state index in [1.54, 1.807) is 19.2 Å². The molecule has 0 fully saturated rings. The first-order valence-corrected chi connectivity index (χ1v) is 11.7. The van der Waals surface area contributed by atoms with Crippen molar-refractivity contribution in [3.8, 4) is 39.9 Å². The molecular formula is C29H27NO5. The zero-order chi connectivity index (χ0) is 24.3. The number of aromatic hydroxyl groups is 1. The number of phenols is 1. The summed E-state index contributed by atoms with van der Waals surface area (Å²) < 4.78 is 23.9. The molecule has 0 unspecified atom stereocenters. The summed E-state index contributed by atoms with van der Waals surface area (Å²) in [4.78, 5) is 0. The van der Waals surface area contributed by atoms with Gasteiger partial charge in [0, 0.05) is 27.9 Å². The summed E-state index contributed by atoms with van der Waals surface area (Å²) >= 11 is 0. The topological polar surface area (TPSA) is 69.2 Å². The zero-order valence-electron chi connectivity index (χ0n) is 20.2. The molecule has 3 aliphatic heterocycles. The average Bonchev–Trinajstić information content (AvgIpc) is 2.83. The summed E-state index contributed by atoms with van der Waals surface area (Å²) in [5.74, 6) is 3.20. The molecule has 178 valence electrons. The Bertz CT molecular complexity index is 1430. The molecule has 6 rings (SSSR count). The highest BCUT2D eigenvalue weighted by Crippen LogP contribution is 2.54. The zero-order valence-corrected chi connectivity index (χ0v) is 20.2. The molecule has 0 atom stereocenters. The van der Waals surface area contributed by atoms with Gasteiger partial charge >= 0.3 is 0 Å². The van der Waals surface area contributed by atoms with Crippen LogP contribution >= 0.6 is 0 Å². The van der Waals surface area contributed by atoms with E-state index < -0.39 is 0 Å². The SMILES string of the molecule is COc1c(O)ccc2c1-c1ccc3c(c1C(=Cc1cccc4c1OCCO4)O2)C(C)=CC(C)(C)N3. The van der Waals surface area contributed by atoms with Crippen molar-refractivity contribution < 1.29 is 24.1 Å². The molecule has 3 heterocycles. The number of para-hydroxylation sites is 1. The average molecular weight is 470 g/mol. The van der Waals surface area contributed by atoms with Gasteiger partial charge in [0.25, 0.3) is 0 Å². The van der Waals surface area contributed by atoms with Crippen LogP contribution in [0.3, 0.4) is 0 Å². The number of benzene rings is 3. The van der Waals surface area contributed by atoms with Gasteiger partial charge in [-0.1, -0.05) is 24.3 Å². The maximum absolute atomic E-state index is 10.5. The number of rotatable bonds is 2. The van der Waals surface area contributed by atoms with Gasteiger partial charge in [0.2, 0.25) is 0 Å². The van der Waals surface area contributed by atoms with E-state index in [1.165, 1.54) is 0 Å². The molecule has 0 aromatic heterocycles. The molecule has 6 heteroatoms. The van der Waals surface area contributed by atoms with Crippen LogP contribution in [0.5, 0.6) is 28.7 Å². The van der Waals surface area contributed by atoms with E-state index in [4.69, 9.17) is 18.9 Å². The van der Waals surface area contributed by atoms with Crippen LogP contribution in [0, 0.1) is 0 Å². The molecule has 6 nitrogen and oxygen atoms in total. The van der Waals surface area contributed by atoms with Crippen molar-refractivity contribution in [1.29, 1.82) is 0 Å². The van der Waals surface area contributed by atoms with Gasteiger partial charge in [-0.25, -0.2) is 0 Å². The number of methoxy groups -OCH3 is 1. The van der Waals surface area contributed by atoms with Gasteiger partial charge in [0.05, 0.1) is 18.2 Å². The lowest BCUT2D eigenvalue weighted by Crippen LogP contribution is -2.32. The number of phenolic OH excluding ortho intramolecular Hbond substituents is 1. The third kappa shape index (κ3) is 3.40. The fourth-order valence-electron chi connectivity index (χ4n) is 5.30. The van der Waals surface area contributed by atoms with Crippen LogP contribution in [-0.4, -0.2) is 31.0 Å². The molecule has 3 aliphatic rings. The highest BCUT2D eigenvalue weighted by Gasteiger charge is 2.33. The Morgan fingerprint density at radius 1 is 0.971 bits per heavy atom. The van der Waals surface area contributed by atoms with Crippen molar-refractivity contribution in [3.05, 3.63) is 65.2 Å². The molecule has 3 aromatic rings. The lowest BCUT2D eigenvalue weighted by molar-refractivity contribution is 0.171. The van der Waals surface area contributed by atoms with Gasteiger partial charge in [-0.3, -0.25) is 0 Å². The number of anilines is 1. The Morgan fingerprint density at radius 3 is 2.63 bits per heavy atom. The maximum Gasteiger partial charge on any atom is 0.172 e. The number of nitrogens with one attached hydrogen (secondary N) is 1. The predicted octanol–water partition coefficient (Wildman–Crippen LogP) is 6.34. The molecule has 3 aromatic carbocycles. The van der Waals surface area contributed by atoms with Gasteiger partial charge < -0.3 is 29.4 Å². The highest BCUT2D eigenvalue weighted by atomic mass is 16.6. The molecule has 0 amide bonds. The predicted molar refractivity (Wildman–Crippen MR) is 137 cm³/mol. The first-order valence-electron chi connectivity index (χ1n) is 11.7. The van der Waals surface area contributed by atoms with Crippen LogP contribution in [0.1, 0.15) is 37.5 Å². The Hall–Kier alpha value is -4.06. The molecular weight excluding hydrogens is 442 g/mol. The van der Waals surface area contributed by atoms with Gasteiger partial charge in [0.1, 0.15) is 24.7 Å². The molecule has 0 saturated heterocycles. The molecule has 0 bridgehead atoms. The van der Waals surface area contributed by atoms with Crippen LogP contribution in [0.15, 0.2) is 48.5 Å². The Morgan fingerprint density at radius 2 is 1.80 bits per heavy atom. The number of ether oxygens (including phenoxy) is 4. The fourth-order valence-corrected chi connectivity index (χ4v) is 5.30. The van der Waals surface area contributed by atoms with E-state index in [-0.39, 0.29) is 11.3 Å². The second-order valence-corrected chi connectivity index (χ2v) is 9.56. The van der Waals surface area contributed by atoms with Crippen molar-refractivity contribution in [2.24, 2.45) is 0 Å². The van der Waals surface area contributed by atoms with Crippen molar-refractivity contribution in [1.82, 2.24) is 0 Å². The number of hydrogen-bond acceptors (Lipinski definition) is 6. The maximum atomic E-state index is 10.5. The molecule has 0 spiro atoms. The summed E-state index contributed by atoms with van der Waals surface area (Å²) in [6.45, 7) is 7.45. The van der Waals surface area contributed by atoms with Gasteiger partial charge in [-0.15, -0.1) is 0 Å². The van der Waals surface area contributed by atoms with Crippen LogP contribution < -0.4 is 24.3 Å². The minimum Gasteiger partial charge on any atom is -0.504 e. The first-order chi connectivity index (χ1) is 16.9. The lowest BCUT2D eigenvalue weighted by Gasteiger charge is -2.35. The highest BCUT2D eigenvalue weighted by molar-refractivity contribution is 6.02. The van der Waals surface area contributed by atoms with Crippen molar-refractivity contribution in [2.75, 3.05) is 25.6 Å². The molecule has 35 heavy (non-hydrogen) atoms. The summed E-state index contributed by atoms with van der Waals surface area (Å²) in [7, 11) is 1.56. The smallest absolute Gasteiger partial charge is 0.172 e. The first kappa shape index (κ1) is 21.5. The molecule has 0 radical (unpaired) electrons. The van der Waals surface area contributed by atoms with Crippen LogP contribution in [0.25, 0.3) is 28.5 Å². The minimum atomic E-state index is -0.178. The number of fused-ring (bicyclic) bond motifs is 6. The second kappa shape index (κ2) is 7.73. The summed E-state index contributed by atoms with van der Waals surface area (Å²) in [6.07, 6.45) is 4.23. The van der Waals surface area contributed by atoms with Gasteiger partial charge in [0.15, 0.2) is 23.0 Å². The Kier molecular flexibility index (Phi) is 4.74. The number of allylic oxidation sites excluding steroid dienone is 1. The van der Waals surface area contributed by atoms with Crippen molar-refractivity contribution in [2.45, 2.75) is 26.3 Å². The van der Waals surface area contributed by atoms with E-state index in [1.807, 2.05) is 24.3 Å². The third-order valence-corrected chi connectivity index (χ3v) is 6.56. The van der Waals surface area contributed by atoms with Crippen LogP contribution in [0.2, 0.25) is 0 Å². The summed E-state index contributed by atoms with van der Waals surface area (Å²) in [5, 5.41) is 14.2. The van der Waals surface area contributed by atoms with Crippen LogP contribution in [-0.2, 0) is 0 Å². The standard InChI is InChI=1S/C29H27NO5/c1-16-15-29(2,3)30-19-9-8-18-25(24(16)19)23(35-21-11-10-20(31)28(32-4)26(18)21)14-17-6-5-7-22-27(17)34-13-12-33-22/h5-11,14-15,30-31H,12-13H2,1-4H3. The minimum absolute atomic E-state index is 0.0696. The normalized spacial score (nSPS) is 17.8. The molecule has 2 N–H and O–H groups in total. The number of hydrogen-bond donors (Lipinski definition) is 2. The third-order valence-electron chi connectivity index (χ3n) is 6.56. The second-order valence-electron chi connectivity index (χ2n) is 9.56. The largest absolute Gasteiger partial charge is 0.504 e. The Labute approximate surface area is 204 Å². The summed E-state index contributed by atoms with van der Waals surface area (Å²) in [5.41, 5.74) is 6.53. The van der Waals surface area contributed by atoms with Gasteiger partial charge in [-0.05, 0) is 56.7 Å². The Balaban J connectivity index is 1.65. The molecule has 0 saturated carbocycles. The lowest BCUT2D eigenvalue weighted by atomic mass is 9.82. The van der Waals surface area contributed by atoms with Crippen molar-refractivity contribution >= 4 is 23.1 Å². The quantitative estimate of drug-likeness (QED) is 0.457. The van der Waals surface area contributed by atoms with E-state index >= 15 is 0 Å². The van der Waals surface area contributed by atoms with Crippen molar-refractivity contribution in [3.63, 3.8) is 0 Å².